The summed E-state index contributed by atoms with van der Waals surface area (Å²) < 4.78 is 12.1. The molecule has 1 aromatic carbocycles. The van der Waals surface area contributed by atoms with Crippen molar-refractivity contribution in [2.75, 3.05) is 20.2 Å². The van der Waals surface area contributed by atoms with Crippen molar-refractivity contribution in [2.45, 2.75) is 75.2 Å². The van der Waals surface area contributed by atoms with E-state index in [0.29, 0.717) is 30.1 Å². The molecule has 202 valence electrons. The monoisotopic (exact) mass is 517 g/mol. The highest BCUT2D eigenvalue weighted by atomic mass is 16.5. The van der Waals surface area contributed by atoms with Gasteiger partial charge < -0.3 is 29.9 Å². The Morgan fingerprint density at radius 2 is 1.84 bits per heavy atom. The molecule has 7 atom stereocenters. The van der Waals surface area contributed by atoms with E-state index in [9.17, 15) is 14.4 Å². The van der Waals surface area contributed by atoms with Crippen molar-refractivity contribution >= 4 is 17.7 Å². The van der Waals surface area contributed by atoms with Crippen LogP contribution in [-0.2, 0) is 26.2 Å². The zero-order valence-electron chi connectivity index (χ0n) is 21.1. The van der Waals surface area contributed by atoms with Gasteiger partial charge in [-0.3, -0.25) is 9.69 Å². The number of benzene rings is 1. The first kappa shape index (κ1) is 25.9. The summed E-state index contributed by atoms with van der Waals surface area (Å²) >= 11 is 0. The summed E-state index contributed by atoms with van der Waals surface area (Å²) in [5, 5.41) is 32.5. The molecule has 37 heavy (non-hydrogen) atoms. The van der Waals surface area contributed by atoms with Crippen LogP contribution in [0.25, 0.3) is 0 Å². The number of aliphatic carboxylic acids is 2. The van der Waals surface area contributed by atoms with Crippen molar-refractivity contribution in [1.29, 1.82) is 0 Å². The van der Waals surface area contributed by atoms with Crippen LogP contribution in [0.15, 0.2) is 12.1 Å². The van der Waals surface area contributed by atoms with Gasteiger partial charge >= 0.3 is 11.9 Å². The SMILES string of the molecule is CC[C@@H]1CC(=O)[C@@H]2Oc3c(OC)ccc4c3[C@@]23CCN(CC2CC2)[C@H](C4)[C@H]13.O=C(O)C(O)C(O)C(=O)O. The lowest BCUT2D eigenvalue weighted by atomic mass is 9.48. The highest BCUT2D eigenvalue weighted by molar-refractivity contribution is 5.89. The molecule has 0 radical (unpaired) electrons. The van der Waals surface area contributed by atoms with Gasteiger partial charge in [-0.25, -0.2) is 9.59 Å². The molecule has 2 unspecified atom stereocenters. The van der Waals surface area contributed by atoms with Crippen LogP contribution in [0.1, 0.15) is 50.2 Å². The topological polar surface area (TPSA) is 154 Å². The van der Waals surface area contributed by atoms with Crippen LogP contribution in [0, 0.1) is 17.8 Å². The van der Waals surface area contributed by atoms with Crippen LogP contribution < -0.4 is 9.47 Å². The quantitative estimate of drug-likeness (QED) is 0.415. The number of hydrogen-bond acceptors (Lipinski definition) is 8. The molecule has 2 aliphatic heterocycles. The zero-order chi connectivity index (χ0) is 26.6. The maximum atomic E-state index is 13.2. The lowest BCUT2D eigenvalue weighted by molar-refractivity contribution is -0.165. The Bertz CT molecular complexity index is 1080. The third kappa shape index (κ3) is 4.09. The molecule has 2 bridgehead atoms. The molecule has 10 heteroatoms. The molecule has 1 saturated heterocycles. The molecular formula is C27H35NO9. The normalized spacial score (nSPS) is 32.8. The number of nitrogens with zero attached hydrogens (tertiary/aromatic N) is 1. The van der Waals surface area contributed by atoms with Crippen LogP contribution in [0.3, 0.4) is 0 Å². The van der Waals surface area contributed by atoms with Gasteiger partial charge in [-0.2, -0.15) is 0 Å². The molecule has 10 nitrogen and oxygen atoms in total. The molecule has 3 aliphatic carbocycles. The smallest absolute Gasteiger partial charge is 0.335 e. The molecule has 3 fully saturated rings. The Labute approximate surface area is 215 Å². The van der Waals surface area contributed by atoms with Gasteiger partial charge in [0.1, 0.15) is 0 Å². The van der Waals surface area contributed by atoms with E-state index in [4.69, 9.17) is 29.9 Å². The van der Waals surface area contributed by atoms with Crippen molar-refractivity contribution in [3.63, 3.8) is 0 Å². The van der Waals surface area contributed by atoms with E-state index in [2.05, 4.69) is 17.9 Å². The molecule has 2 saturated carbocycles. The molecular weight excluding hydrogens is 482 g/mol. The molecule has 0 aromatic heterocycles. The summed E-state index contributed by atoms with van der Waals surface area (Å²) in [7, 11) is 1.71. The van der Waals surface area contributed by atoms with E-state index in [1.54, 1.807) is 7.11 Å². The van der Waals surface area contributed by atoms with Gasteiger partial charge in [-0.05, 0) is 61.6 Å². The van der Waals surface area contributed by atoms with E-state index in [-0.39, 0.29) is 11.5 Å². The van der Waals surface area contributed by atoms with E-state index in [1.165, 1.54) is 30.5 Å². The number of carboxylic acids is 2. The Balaban J connectivity index is 0.000000241. The third-order valence-corrected chi connectivity index (χ3v) is 9.10. The van der Waals surface area contributed by atoms with E-state index >= 15 is 0 Å². The first-order valence-electron chi connectivity index (χ1n) is 13.1. The van der Waals surface area contributed by atoms with E-state index in [0.717, 1.165) is 43.2 Å². The predicted octanol–water partition coefficient (Wildman–Crippen LogP) is 1.23. The molecule has 1 aromatic rings. The number of carboxylic acid groups (broad SMARTS) is 2. The average Bonchev–Trinajstić information content (AvgIpc) is 3.63. The number of Topliss-reactive ketones (excluding diaryl/α,β-unsaturated/α-hetero) is 1. The van der Waals surface area contributed by atoms with Crippen LogP contribution >= 0.6 is 0 Å². The number of ketones is 1. The summed E-state index contributed by atoms with van der Waals surface area (Å²) in [6, 6.07) is 4.86. The van der Waals surface area contributed by atoms with Crippen molar-refractivity contribution in [3.05, 3.63) is 23.3 Å². The highest BCUT2D eigenvalue weighted by Gasteiger charge is 2.68. The second-order valence-corrected chi connectivity index (χ2v) is 11.1. The number of likely N-dealkylation sites (tertiary alicyclic amines) is 1. The zero-order valence-corrected chi connectivity index (χ0v) is 21.1. The molecule has 0 amide bonds. The number of piperidine rings is 1. The minimum Gasteiger partial charge on any atom is -0.493 e. The summed E-state index contributed by atoms with van der Waals surface area (Å²) in [5.74, 6) is 0.393. The lowest BCUT2D eigenvalue weighted by Gasteiger charge is -2.60. The minimum atomic E-state index is -2.27. The maximum absolute atomic E-state index is 13.2. The summed E-state index contributed by atoms with van der Waals surface area (Å²) in [6.07, 6.45) is 1.92. The molecule has 5 aliphatic rings. The second kappa shape index (κ2) is 9.56. The Kier molecular flexibility index (Phi) is 6.70. The fourth-order valence-electron chi connectivity index (χ4n) is 7.33. The van der Waals surface area contributed by atoms with Crippen LogP contribution in [-0.4, -0.2) is 87.6 Å². The first-order valence-corrected chi connectivity index (χ1v) is 13.1. The summed E-state index contributed by atoms with van der Waals surface area (Å²) in [5.41, 5.74) is 2.63. The predicted molar refractivity (Wildman–Crippen MR) is 130 cm³/mol. The van der Waals surface area contributed by atoms with Crippen LogP contribution in [0.2, 0.25) is 0 Å². The number of aliphatic hydroxyl groups excluding tert-OH is 2. The fraction of sp³-hybridized carbons (Fsp3) is 0.667. The van der Waals surface area contributed by atoms with Gasteiger partial charge in [0.15, 0.2) is 35.6 Å². The lowest BCUT2D eigenvalue weighted by Crippen LogP contribution is -2.68. The molecule has 2 heterocycles. The van der Waals surface area contributed by atoms with E-state index < -0.39 is 24.1 Å². The van der Waals surface area contributed by atoms with Gasteiger partial charge in [-0.15, -0.1) is 0 Å². The average molecular weight is 518 g/mol. The summed E-state index contributed by atoms with van der Waals surface area (Å²) in [4.78, 5) is 35.5. The highest BCUT2D eigenvalue weighted by Crippen LogP contribution is 2.64. The maximum Gasteiger partial charge on any atom is 0.335 e. The number of carbonyl (C=O) groups excluding carboxylic acids is 1. The fourth-order valence-corrected chi connectivity index (χ4v) is 7.33. The summed E-state index contributed by atoms with van der Waals surface area (Å²) in [6.45, 7) is 4.64. The molecule has 4 N–H and O–H groups in total. The number of aliphatic hydroxyl groups is 2. The first-order chi connectivity index (χ1) is 17.6. The van der Waals surface area contributed by atoms with Gasteiger partial charge in [0, 0.05) is 30.0 Å². The second-order valence-electron chi connectivity index (χ2n) is 11.1. The minimum absolute atomic E-state index is 0.113. The Hall–Kier alpha value is -2.69. The van der Waals surface area contributed by atoms with Gasteiger partial charge in [0.05, 0.1) is 7.11 Å². The van der Waals surface area contributed by atoms with Crippen molar-refractivity contribution in [2.24, 2.45) is 17.8 Å². The van der Waals surface area contributed by atoms with Crippen molar-refractivity contribution in [1.82, 2.24) is 4.90 Å². The number of methoxy groups -OCH3 is 1. The van der Waals surface area contributed by atoms with Crippen molar-refractivity contribution in [3.8, 4) is 11.5 Å². The third-order valence-electron chi connectivity index (χ3n) is 9.10. The Morgan fingerprint density at radius 3 is 2.41 bits per heavy atom. The Morgan fingerprint density at radius 1 is 1.16 bits per heavy atom. The van der Waals surface area contributed by atoms with Gasteiger partial charge in [-0.1, -0.05) is 19.4 Å². The number of hydrogen-bond donors (Lipinski definition) is 4. The van der Waals surface area contributed by atoms with Crippen LogP contribution in [0.5, 0.6) is 11.5 Å². The number of carbonyl (C=O) groups is 3. The van der Waals surface area contributed by atoms with Gasteiger partial charge in [0.25, 0.3) is 0 Å². The van der Waals surface area contributed by atoms with E-state index in [1.807, 2.05) is 6.07 Å². The number of rotatable bonds is 7. The van der Waals surface area contributed by atoms with Gasteiger partial charge in [0.2, 0.25) is 0 Å². The standard InChI is InChI=1S/C23H29NO3.C4H6O6/c1-3-14-11-17(25)22-23-8-9-24(12-13-4-5-13)16(19(14)23)10-15-6-7-18(26-2)21(27-22)20(15)23;5-1(3(7)8)2(6)4(9)10/h6-7,13-14,16,19,22H,3-5,8-12H2,1-2H3;1-2,5-6H,(H,7,8)(H,9,10)/t14-,16-,19+,22+,23+;/m1./s1. The largest absolute Gasteiger partial charge is 0.493 e. The number of ether oxygens (including phenoxy) is 2. The van der Waals surface area contributed by atoms with Crippen LogP contribution in [0.4, 0.5) is 0 Å². The van der Waals surface area contributed by atoms with Crippen molar-refractivity contribution < 1.29 is 44.3 Å². The molecule has 1 spiro atoms. The molecule has 6 rings (SSSR count).